The maximum absolute atomic E-state index is 12.9. The van der Waals surface area contributed by atoms with Gasteiger partial charge in [-0.25, -0.2) is 0 Å². The average Bonchev–Trinajstić information content (AvgIpc) is 3.15. The first-order valence-electron chi connectivity index (χ1n) is 7.02. The Hall–Kier alpha value is -3.10. The molecule has 0 atom stereocenters. The highest BCUT2D eigenvalue weighted by atomic mass is 19.4. The Bertz CT molecular complexity index is 988. The van der Waals surface area contributed by atoms with E-state index in [0.717, 1.165) is 11.0 Å². The summed E-state index contributed by atoms with van der Waals surface area (Å²) in [6, 6.07) is 12.3. The van der Waals surface area contributed by atoms with Crippen LogP contribution in [0.15, 0.2) is 46.9 Å². The lowest BCUT2D eigenvalue weighted by molar-refractivity contribution is -0.146. The van der Waals surface area contributed by atoms with E-state index in [1.54, 1.807) is 0 Å². The number of anilines is 1. The maximum atomic E-state index is 12.9. The number of benzene rings is 1. The number of nitrogens with zero attached hydrogens (tertiary/aromatic N) is 4. The molecular formula is C15H10F3N5O. The minimum Gasteiger partial charge on any atom is -0.459 e. The molecule has 24 heavy (non-hydrogen) atoms. The second-order valence-corrected chi connectivity index (χ2v) is 5.11. The van der Waals surface area contributed by atoms with Gasteiger partial charge in [0.05, 0.1) is 6.54 Å². The molecule has 4 aromatic rings. The number of furan rings is 1. The van der Waals surface area contributed by atoms with Crippen molar-refractivity contribution in [3.8, 4) is 0 Å². The van der Waals surface area contributed by atoms with Crippen LogP contribution in [-0.2, 0) is 12.7 Å². The molecule has 6 nitrogen and oxygen atoms in total. The van der Waals surface area contributed by atoms with Crippen molar-refractivity contribution in [2.24, 2.45) is 0 Å². The molecule has 0 aliphatic carbocycles. The summed E-state index contributed by atoms with van der Waals surface area (Å²) < 4.78 is 44.9. The van der Waals surface area contributed by atoms with Crippen LogP contribution in [0.5, 0.6) is 0 Å². The Morgan fingerprint density at radius 3 is 2.71 bits per heavy atom. The molecule has 0 bridgehead atoms. The molecule has 0 aliphatic rings. The lowest BCUT2D eigenvalue weighted by atomic mass is 10.2. The van der Waals surface area contributed by atoms with Crippen LogP contribution in [0.2, 0.25) is 0 Å². The number of alkyl halides is 3. The smallest absolute Gasteiger partial charge is 0.453 e. The zero-order valence-electron chi connectivity index (χ0n) is 12.1. The highest BCUT2D eigenvalue weighted by Crippen LogP contribution is 2.27. The van der Waals surface area contributed by atoms with Crippen LogP contribution in [-0.4, -0.2) is 19.8 Å². The number of hydrogen-bond acceptors (Lipinski definition) is 5. The highest BCUT2D eigenvalue weighted by molar-refractivity contribution is 5.77. The van der Waals surface area contributed by atoms with Crippen LogP contribution in [0, 0.1) is 0 Å². The van der Waals surface area contributed by atoms with Crippen molar-refractivity contribution in [1.29, 1.82) is 0 Å². The predicted octanol–water partition coefficient (Wildman–Crippen LogP) is 3.50. The van der Waals surface area contributed by atoms with Gasteiger partial charge in [0.25, 0.3) is 5.82 Å². The number of hydrogen-bond donors (Lipinski definition) is 1. The van der Waals surface area contributed by atoms with Gasteiger partial charge in [-0.1, -0.05) is 18.2 Å². The van der Waals surface area contributed by atoms with Gasteiger partial charge in [-0.3, -0.25) is 0 Å². The van der Waals surface area contributed by atoms with Gasteiger partial charge < -0.3 is 9.73 Å². The second-order valence-electron chi connectivity index (χ2n) is 5.11. The molecule has 1 N–H and O–H groups in total. The van der Waals surface area contributed by atoms with Crippen LogP contribution in [0.1, 0.15) is 11.6 Å². The molecule has 4 rings (SSSR count). The molecule has 3 aromatic heterocycles. The van der Waals surface area contributed by atoms with Crippen molar-refractivity contribution in [1.82, 2.24) is 19.8 Å². The second kappa shape index (κ2) is 5.22. The van der Waals surface area contributed by atoms with Gasteiger partial charge in [0.15, 0.2) is 5.65 Å². The van der Waals surface area contributed by atoms with Gasteiger partial charge >= 0.3 is 6.18 Å². The molecular weight excluding hydrogens is 323 g/mol. The van der Waals surface area contributed by atoms with Crippen molar-refractivity contribution in [2.45, 2.75) is 12.7 Å². The largest absolute Gasteiger partial charge is 0.459 e. The normalized spacial score (nSPS) is 12.1. The van der Waals surface area contributed by atoms with E-state index in [1.165, 1.54) is 12.1 Å². The lowest BCUT2D eigenvalue weighted by Gasteiger charge is -2.06. The molecule has 9 heteroatoms. The van der Waals surface area contributed by atoms with Gasteiger partial charge in [0.2, 0.25) is 0 Å². The van der Waals surface area contributed by atoms with Crippen LogP contribution in [0.4, 0.5) is 19.0 Å². The van der Waals surface area contributed by atoms with E-state index in [4.69, 9.17) is 4.42 Å². The minimum atomic E-state index is -4.62. The molecule has 122 valence electrons. The highest BCUT2D eigenvalue weighted by Gasteiger charge is 2.37. The fourth-order valence-electron chi connectivity index (χ4n) is 2.36. The third-order valence-electron chi connectivity index (χ3n) is 3.44. The summed E-state index contributed by atoms with van der Waals surface area (Å²) in [7, 11) is 0. The number of aromatic nitrogens is 4. The third kappa shape index (κ3) is 2.53. The first-order valence-corrected chi connectivity index (χ1v) is 7.02. The molecule has 0 saturated heterocycles. The Balaban J connectivity index is 1.60. The van der Waals surface area contributed by atoms with Crippen LogP contribution in [0.3, 0.4) is 0 Å². The van der Waals surface area contributed by atoms with E-state index in [2.05, 4.69) is 20.6 Å². The van der Waals surface area contributed by atoms with Crippen molar-refractivity contribution in [3.63, 3.8) is 0 Å². The molecule has 0 unspecified atom stereocenters. The molecule has 0 amide bonds. The number of para-hydroxylation sites is 1. The van der Waals surface area contributed by atoms with E-state index < -0.39 is 12.0 Å². The van der Waals surface area contributed by atoms with Crippen molar-refractivity contribution in [3.05, 3.63) is 54.0 Å². The van der Waals surface area contributed by atoms with Gasteiger partial charge in [-0.2, -0.15) is 17.7 Å². The van der Waals surface area contributed by atoms with Crippen LogP contribution in [0.25, 0.3) is 16.6 Å². The van der Waals surface area contributed by atoms with E-state index in [1.807, 2.05) is 30.3 Å². The fraction of sp³-hybridized carbons (Fsp3) is 0.133. The first kappa shape index (κ1) is 14.5. The third-order valence-corrected chi connectivity index (χ3v) is 3.44. The quantitative estimate of drug-likeness (QED) is 0.621. The summed E-state index contributed by atoms with van der Waals surface area (Å²) >= 11 is 0. The predicted molar refractivity (Wildman–Crippen MR) is 79.3 cm³/mol. The van der Waals surface area contributed by atoms with Crippen molar-refractivity contribution >= 4 is 22.4 Å². The monoisotopic (exact) mass is 333 g/mol. The summed E-state index contributed by atoms with van der Waals surface area (Å²) in [6.45, 7) is 0.288. The summed E-state index contributed by atoms with van der Waals surface area (Å²) in [5, 5.41) is 14.4. The number of halogens is 3. The van der Waals surface area contributed by atoms with E-state index in [0.29, 0.717) is 10.3 Å². The Labute approximate surface area is 132 Å². The van der Waals surface area contributed by atoms with E-state index in [9.17, 15) is 13.2 Å². The first-order chi connectivity index (χ1) is 11.5. The Morgan fingerprint density at radius 1 is 1.08 bits per heavy atom. The summed E-state index contributed by atoms with van der Waals surface area (Å²) in [5.74, 6) is -0.254. The summed E-state index contributed by atoms with van der Waals surface area (Å²) in [4.78, 5) is 0. The maximum Gasteiger partial charge on any atom is 0.453 e. The minimum absolute atomic E-state index is 0.0246. The van der Waals surface area contributed by atoms with Gasteiger partial charge in [-0.15, -0.1) is 15.3 Å². The lowest BCUT2D eigenvalue weighted by Crippen LogP contribution is -2.13. The SMILES string of the molecule is FC(F)(F)c1nnc2ccc(NCc3cc4ccccc4o3)nn12. The van der Waals surface area contributed by atoms with Gasteiger partial charge in [-0.05, 0) is 24.3 Å². The Kier molecular flexibility index (Phi) is 3.15. The summed E-state index contributed by atoms with van der Waals surface area (Å²) in [6.07, 6.45) is -4.62. The average molecular weight is 333 g/mol. The standard InChI is InChI=1S/C15H10F3N5O/c16-15(17,18)14-21-20-13-6-5-12(22-23(13)14)19-8-10-7-9-3-1-2-4-11(9)24-10/h1-7H,8H2,(H,19,22). The summed E-state index contributed by atoms with van der Waals surface area (Å²) in [5.41, 5.74) is 0.771. The van der Waals surface area contributed by atoms with Crippen LogP contribution >= 0.6 is 0 Å². The zero-order chi connectivity index (χ0) is 16.7. The molecule has 0 fully saturated rings. The molecule has 0 spiro atoms. The van der Waals surface area contributed by atoms with Gasteiger partial charge in [0, 0.05) is 5.39 Å². The van der Waals surface area contributed by atoms with E-state index in [-0.39, 0.29) is 18.0 Å². The number of nitrogens with one attached hydrogen (secondary N) is 1. The molecule has 1 aromatic carbocycles. The van der Waals surface area contributed by atoms with Crippen molar-refractivity contribution < 1.29 is 17.6 Å². The van der Waals surface area contributed by atoms with Crippen molar-refractivity contribution in [2.75, 3.05) is 5.32 Å². The molecule has 0 radical (unpaired) electrons. The Morgan fingerprint density at radius 2 is 1.92 bits per heavy atom. The molecule has 0 saturated carbocycles. The van der Waals surface area contributed by atoms with Gasteiger partial charge in [0.1, 0.15) is 17.2 Å². The molecule has 3 heterocycles. The fourth-order valence-corrected chi connectivity index (χ4v) is 2.36. The van der Waals surface area contributed by atoms with Crippen LogP contribution < -0.4 is 5.32 Å². The number of rotatable bonds is 3. The zero-order valence-corrected chi connectivity index (χ0v) is 12.1. The molecule has 0 aliphatic heterocycles. The van der Waals surface area contributed by atoms with E-state index >= 15 is 0 Å². The topological polar surface area (TPSA) is 68.2 Å². The number of fused-ring (bicyclic) bond motifs is 2.